The molecule has 0 saturated carbocycles. The van der Waals surface area contributed by atoms with Gasteiger partial charge in [-0.25, -0.2) is 9.67 Å². The van der Waals surface area contributed by atoms with E-state index < -0.39 is 0 Å². The molecule has 19 heavy (non-hydrogen) atoms. The van der Waals surface area contributed by atoms with E-state index in [0.29, 0.717) is 11.5 Å². The highest BCUT2D eigenvalue weighted by Crippen LogP contribution is 2.11. The zero-order valence-electron chi connectivity index (χ0n) is 9.85. The minimum atomic E-state index is -0.250. The van der Waals surface area contributed by atoms with Crippen LogP contribution in [0, 0.1) is 0 Å². The number of anilines is 1. The summed E-state index contributed by atoms with van der Waals surface area (Å²) in [6, 6.07) is 11.4. The van der Waals surface area contributed by atoms with Gasteiger partial charge in [0.05, 0.1) is 11.2 Å². The maximum atomic E-state index is 11.8. The number of rotatable bonds is 3. The molecule has 0 aliphatic rings. The molecular weight excluding hydrogens is 260 g/mol. The van der Waals surface area contributed by atoms with Gasteiger partial charge in [0.15, 0.2) is 5.82 Å². The van der Waals surface area contributed by atoms with Crippen molar-refractivity contribution in [1.82, 2.24) is 14.8 Å². The third-order valence-corrected chi connectivity index (χ3v) is 3.10. The molecule has 2 heterocycles. The second-order valence-electron chi connectivity index (χ2n) is 3.81. The van der Waals surface area contributed by atoms with E-state index in [-0.39, 0.29) is 5.91 Å². The average molecular weight is 270 g/mol. The van der Waals surface area contributed by atoms with Crippen LogP contribution in [0.3, 0.4) is 0 Å². The van der Waals surface area contributed by atoms with Gasteiger partial charge in [0, 0.05) is 17.6 Å². The first-order chi connectivity index (χ1) is 9.33. The lowest BCUT2D eigenvalue weighted by atomic mass is 10.3. The summed E-state index contributed by atoms with van der Waals surface area (Å²) in [7, 11) is 0. The Bertz CT molecular complexity index is 676. The third kappa shape index (κ3) is 2.53. The van der Waals surface area contributed by atoms with Crippen LogP contribution in [0.25, 0.3) is 5.69 Å². The molecule has 0 spiro atoms. The molecular formula is C13H10N4OS. The summed E-state index contributed by atoms with van der Waals surface area (Å²) >= 11 is 1.38. The van der Waals surface area contributed by atoms with Gasteiger partial charge in [-0.1, -0.05) is 18.2 Å². The number of aromatic nitrogens is 3. The number of thiazole rings is 1. The Balaban J connectivity index is 1.77. The molecule has 0 aliphatic heterocycles. The molecule has 0 saturated heterocycles. The Labute approximate surface area is 113 Å². The molecule has 0 radical (unpaired) electrons. The maximum Gasteiger partial charge on any atom is 0.276 e. The molecule has 5 nitrogen and oxygen atoms in total. The highest BCUT2D eigenvalue weighted by molar-refractivity contribution is 7.07. The standard InChI is InChI=1S/C13H10N4OS/c18-13(11-8-19-9-14-11)15-12-6-7-17(16-12)10-4-2-1-3-5-10/h1-9H,(H,15,16,18). The fourth-order valence-corrected chi connectivity index (χ4v) is 2.15. The van der Waals surface area contributed by atoms with Crippen LogP contribution in [0.5, 0.6) is 0 Å². The Morgan fingerprint density at radius 3 is 2.79 bits per heavy atom. The predicted octanol–water partition coefficient (Wildman–Crippen LogP) is 2.58. The van der Waals surface area contributed by atoms with Crippen molar-refractivity contribution >= 4 is 23.1 Å². The van der Waals surface area contributed by atoms with Crippen LogP contribution in [0.15, 0.2) is 53.5 Å². The van der Waals surface area contributed by atoms with Gasteiger partial charge in [0.1, 0.15) is 5.69 Å². The van der Waals surface area contributed by atoms with Crippen LogP contribution < -0.4 is 5.32 Å². The lowest BCUT2D eigenvalue weighted by Gasteiger charge is -2.00. The molecule has 1 N–H and O–H groups in total. The molecule has 0 atom stereocenters. The fourth-order valence-electron chi connectivity index (χ4n) is 1.62. The Hall–Kier alpha value is -2.47. The van der Waals surface area contributed by atoms with E-state index in [9.17, 15) is 4.79 Å². The highest BCUT2D eigenvalue weighted by atomic mass is 32.1. The van der Waals surface area contributed by atoms with E-state index >= 15 is 0 Å². The van der Waals surface area contributed by atoms with Gasteiger partial charge < -0.3 is 5.32 Å². The van der Waals surface area contributed by atoms with Gasteiger partial charge in [-0.3, -0.25) is 4.79 Å². The lowest BCUT2D eigenvalue weighted by molar-refractivity contribution is 0.102. The number of para-hydroxylation sites is 1. The normalized spacial score (nSPS) is 10.3. The number of benzene rings is 1. The average Bonchev–Trinajstić information content (AvgIpc) is 3.11. The molecule has 2 aromatic heterocycles. The van der Waals surface area contributed by atoms with Gasteiger partial charge >= 0.3 is 0 Å². The minimum Gasteiger partial charge on any atom is -0.304 e. The molecule has 1 amide bonds. The largest absolute Gasteiger partial charge is 0.304 e. The van der Waals surface area contributed by atoms with E-state index in [1.54, 1.807) is 27.8 Å². The molecule has 0 unspecified atom stereocenters. The number of amides is 1. The molecule has 0 bridgehead atoms. The van der Waals surface area contributed by atoms with E-state index in [0.717, 1.165) is 5.69 Å². The summed E-state index contributed by atoms with van der Waals surface area (Å²) < 4.78 is 1.71. The predicted molar refractivity (Wildman–Crippen MR) is 73.6 cm³/mol. The maximum absolute atomic E-state index is 11.8. The first-order valence-corrected chi connectivity index (χ1v) is 6.58. The second kappa shape index (κ2) is 5.03. The Morgan fingerprint density at radius 2 is 2.05 bits per heavy atom. The smallest absolute Gasteiger partial charge is 0.276 e. The monoisotopic (exact) mass is 270 g/mol. The molecule has 3 aromatic rings. The molecule has 0 aliphatic carbocycles. The second-order valence-corrected chi connectivity index (χ2v) is 4.53. The van der Waals surface area contributed by atoms with Crippen molar-refractivity contribution in [2.75, 3.05) is 5.32 Å². The summed E-state index contributed by atoms with van der Waals surface area (Å²) in [5.41, 5.74) is 2.97. The summed E-state index contributed by atoms with van der Waals surface area (Å²) in [6.45, 7) is 0. The summed E-state index contributed by atoms with van der Waals surface area (Å²) in [4.78, 5) is 15.8. The minimum absolute atomic E-state index is 0.250. The van der Waals surface area contributed by atoms with Crippen molar-refractivity contribution in [3.05, 3.63) is 59.2 Å². The van der Waals surface area contributed by atoms with Crippen molar-refractivity contribution in [1.29, 1.82) is 0 Å². The topological polar surface area (TPSA) is 59.8 Å². The van der Waals surface area contributed by atoms with Crippen molar-refractivity contribution in [2.45, 2.75) is 0 Å². The van der Waals surface area contributed by atoms with Crippen LogP contribution in [0.2, 0.25) is 0 Å². The van der Waals surface area contributed by atoms with Crippen LogP contribution in [0.4, 0.5) is 5.82 Å². The van der Waals surface area contributed by atoms with E-state index in [4.69, 9.17) is 0 Å². The van der Waals surface area contributed by atoms with Crippen molar-refractivity contribution < 1.29 is 4.79 Å². The molecule has 94 valence electrons. The first kappa shape index (κ1) is 11.6. The number of carbonyl (C=O) groups excluding carboxylic acids is 1. The van der Waals surface area contributed by atoms with Crippen molar-refractivity contribution in [3.63, 3.8) is 0 Å². The number of hydrogen-bond donors (Lipinski definition) is 1. The van der Waals surface area contributed by atoms with Gasteiger partial charge in [0.2, 0.25) is 0 Å². The van der Waals surface area contributed by atoms with Crippen molar-refractivity contribution in [2.24, 2.45) is 0 Å². The number of carbonyl (C=O) groups is 1. The molecule has 6 heteroatoms. The van der Waals surface area contributed by atoms with Gasteiger partial charge in [-0.15, -0.1) is 11.3 Å². The fraction of sp³-hybridized carbons (Fsp3) is 0. The van der Waals surface area contributed by atoms with Gasteiger partial charge in [-0.05, 0) is 12.1 Å². The van der Waals surface area contributed by atoms with Crippen molar-refractivity contribution in [3.8, 4) is 5.69 Å². The molecule has 1 aromatic carbocycles. The zero-order valence-corrected chi connectivity index (χ0v) is 10.7. The Morgan fingerprint density at radius 1 is 1.21 bits per heavy atom. The SMILES string of the molecule is O=C(Nc1ccn(-c2ccccc2)n1)c1cscn1. The lowest BCUT2D eigenvalue weighted by Crippen LogP contribution is -2.12. The van der Waals surface area contributed by atoms with E-state index in [1.807, 2.05) is 30.3 Å². The highest BCUT2D eigenvalue weighted by Gasteiger charge is 2.09. The van der Waals surface area contributed by atoms with Crippen LogP contribution >= 0.6 is 11.3 Å². The summed E-state index contributed by atoms with van der Waals surface area (Å²) in [5.74, 6) is 0.251. The van der Waals surface area contributed by atoms with Crippen LogP contribution in [-0.4, -0.2) is 20.7 Å². The molecule has 3 rings (SSSR count). The number of nitrogens with zero attached hydrogens (tertiary/aromatic N) is 3. The summed E-state index contributed by atoms with van der Waals surface area (Å²) in [6.07, 6.45) is 1.80. The van der Waals surface area contributed by atoms with Gasteiger partial charge in [-0.2, -0.15) is 5.10 Å². The first-order valence-electron chi connectivity index (χ1n) is 5.63. The zero-order chi connectivity index (χ0) is 13.1. The molecule has 0 fully saturated rings. The van der Waals surface area contributed by atoms with Crippen LogP contribution in [-0.2, 0) is 0 Å². The number of nitrogens with one attached hydrogen (secondary N) is 1. The Kier molecular flexibility index (Phi) is 3.07. The van der Waals surface area contributed by atoms with Gasteiger partial charge in [0.25, 0.3) is 5.91 Å². The van der Waals surface area contributed by atoms with E-state index in [2.05, 4.69) is 15.4 Å². The quantitative estimate of drug-likeness (QED) is 0.795. The summed E-state index contributed by atoms with van der Waals surface area (Å²) in [5, 5.41) is 8.70. The van der Waals surface area contributed by atoms with Crippen LogP contribution in [0.1, 0.15) is 10.5 Å². The number of hydrogen-bond acceptors (Lipinski definition) is 4. The van der Waals surface area contributed by atoms with E-state index in [1.165, 1.54) is 11.3 Å². The third-order valence-electron chi connectivity index (χ3n) is 2.52.